The van der Waals surface area contributed by atoms with Gasteiger partial charge in [0, 0.05) is 59.8 Å². The van der Waals surface area contributed by atoms with Crippen molar-refractivity contribution in [2.45, 2.75) is 32.4 Å². The highest BCUT2D eigenvalue weighted by atomic mass is 32.2. The van der Waals surface area contributed by atoms with Gasteiger partial charge in [-0.05, 0) is 90.6 Å². The van der Waals surface area contributed by atoms with Crippen molar-refractivity contribution in [3.05, 3.63) is 84.2 Å². The molecule has 10 nitrogen and oxygen atoms in total. The van der Waals surface area contributed by atoms with E-state index in [4.69, 9.17) is 0 Å². The molecule has 1 fully saturated rings. The van der Waals surface area contributed by atoms with Gasteiger partial charge in [0.2, 0.25) is 10.0 Å². The Bertz CT molecular complexity index is 2100. The van der Waals surface area contributed by atoms with Crippen LogP contribution in [0.15, 0.2) is 67.3 Å². The molecular weight excluding hydrogens is 579 g/mol. The van der Waals surface area contributed by atoms with E-state index in [1.807, 2.05) is 30.7 Å². The van der Waals surface area contributed by atoms with Crippen molar-refractivity contribution in [3.8, 4) is 33.6 Å². The number of halogens is 1. The number of pyridine rings is 3. The fourth-order valence-electron chi connectivity index (χ4n) is 5.91. The fraction of sp³-hybridized carbons (Fsp3) is 0.250. The third kappa shape index (κ3) is 5.96. The van der Waals surface area contributed by atoms with Gasteiger partial charge >= 0.3 is 0 Å². The van der Waals surface area contributed by atoms with Crippen LogP contribution in [0.1, 0.15) is 30.4 Å². The monoisotopic (exact) mass is 610 g/mol. The van der Waals surface area contributed by atoms with Crippen molar-refractivity contribution < 1.29 is 12.8 Å². The number of benzene rings is 1. The lowest BCUT2D eigenvalue weighted by Crippen LogP contribution is -2.29. The van der Waals surface area contributed by atoms with E-state index in [1.165, 1.54) is 37.0 Å². The first-order valence-corrected chi connectivity index (χ1v) is 16.4. The highest BCUT2D eigenvalue weighted by Gasteiger charge is 2.17. The molecule has 0 unspecified atom stereocenters. The lowest BCUT2D eigenvalue weighted by atomic mass is 10.0. The lowest BCUT2D eigenvalue weighted by molar-refractivity contribution is 0.220. The summed E-state index contributed by atoms with van der Waals surface area (Å²) in [4.78, 5) is 19.5. The van der Waals surface area contributed by atoms with Crippen molar-refractivity contribution in [2.75, 3.05) is 19.3 Å². The molecule has 44 heavy (non-hydrogen) atoms. The van der Waals surface area contributed by atoms with E-state index < -0.39 is 15.8 Å². The Kier molecular flexibility index (Phi) is 7.40. The van der Waals surface area contributed by atoms with Crippen molar-refractivity contribution in [3.63, 3.8) is 0 Å². The van der Waals surface area contributed by atoms with Crippen LogP contribution in [0.3, 0.4) is 0 Å². The van der Waals surface area contributed by atoms with Gasteiger partial charge in [-0.1, -0.05) is 6.42 Å². The van der Waals surface area contributed by atoms with E-state index in [9.17, 15) is 12.8 Å². The quantitative estimate of drug-likeness (QED) is 0.210. The van der Waals surface area contributed by atoms with E-state index in [0.717, 1.165) is 64.7 Å². The van der Waals surface area contributed by atoms with Gasteiger partial charge in [0.15, 0.2) is 5.65 Å². The Balaban J connectivity index is 1.23. The molecule has 1 aliphatic heterocycles. The van der Waals surface area contributed by atoms with Crippen LogP contribution in [0.2, 0.25) is 0 Å². The van der Waals surface area contributed by atoms with Crippen LogP contribution in [-0.2, 0) is 23.1 Å². The Morgan fingerprint density at radius 3 is 2.57 bits per heavy atom. The number of H-pyrrole nitrogens is 2. The molecule has 1 saturated heterocycles. The van der Waals surface area contributed by atoms with E-state index in [0.29, 0.717) is 22.4 Å². The molecule has 0 saturated carbocycles. The van der Waals surface area contributed by atoms with Crippen LogP contribution < -0.4 is 4.72 Å². The number of hydrogen-bond acceptors (Lipinski definition) is 7. The molecule has 1 aliphatic rings. The number of nitrogens with zero attached hydrogens (tertiary/aromatic N) is 5. The molecular formula is C32H31FN8O2S. The van der Waals surface area contributed by atoms with Crippen LogP contribution in [0.25, 0.3) is 55.7 Å². The Hall–Kier alpha value is -4.52. The summed E-state index contributed by atoms with van der Waals surface area (Å²) < 4.78 is 40.2. The predicted molar refractivity (Wildman–Crippen MR) is 168 cm³/mol. The first-order valence-electron chi connectivity index (χ1n) is 14.5. The van der Waals surface area contributed by atoms with Gasteiger partial charge in [-0.15, -0.1) is 0 Å². The number of likely N-dealkylation sites (tertiary alicyclic amines) is 1. The Labute approximate surface area is 253 Å². The summed E-state index contributed by atoms with van der Waals surface area (Å²) in [6.45, 7) is 3.12. The minimum absolute atomic E-state index is 0.0115. The minimum Gasteiger partial charge on any atom is -0.338 e. The average molecular weight is 611 g/mol. The van der Waals surface area contributed by atoms with Gasteiger partial charge in [0.25, 0.3) is 0 Å². The maximum Gasteiger partial charge on any atom is 0.209 e. The second-order valence-electron chi connectivity index (χ2n) is 11.4. The number of aromatic amines is 2. The smallest absolute Gasteiger partial charge is 0.209 e. The highest BCUT2D eigenvalue weighted by Crippen LogP contribution is 2.34. The molecule has 0 aliphatic carbocycles. The van der Waals surface area contributed by atoms with Gasteiger partial charge in [0.1, 0.15) is 11.5 Å². The third-order valence-corrected chi connectivity index (χ3v) is 8.67. The van der Waals surface area contributed by atoms with Crippen LogP contribution in [0.4, 0.5) is 4.39 Å². The van der Waals surface area contributed by atoms with Gasteiger partial charge in [0.05, 0.1) is 17.6 Å². The van der Waals surface area contributed by atoms with E-state index >= 15 is 0 Å². The van der Waals surface area contributed by atoms with Crippen molar-refractivity contribution in [1.29, 1.82) is 0 Å². The Morgan fingerprint density at radius 1 is 0.909 bits per heavy atom. The van der Waals surface area contributed by atoms with Crippen LogP contribution in [0.5, 0.6) is 0 Å². The van der Waals surface area contributed by atoms with Gasteiger partial charge in [-0.2, -0.15) is 5.10 Å². The predicted octanol–water partition coefficient (Wildman–Crippen LogP) is 5.40. The van der Waals surface area contributed by atoms with Gasteiger partial charge < -0.3 is 4.98 Å². The van der Waals surface area contributed by atoms with Crippen molar-refractivity contribution in [1.82, 2.24) is 39.8 Å². The SMILES string of the molecule is CS(=O)(=O)NCc1cc(F)cc(-c2ccnc3[nH]c(-c4[nH]nc5ncc(-c6cncc(CN7CCCCC7)c6)cc45)cc23)c1. The second kappa shape index (κ2) is 11.5. The molecule has 224 valence electrons. The number of rotatable bonds is 8. The van der Waals surface area contributed by atoms with Crippen molar-refractivity contribution >= 4 is 32.1 Å². The molecule has 1 aromatic carbocycles. The van der Waals surface area contributed by atoms with Crippen LogP contribution in [-0.4, -0.2) is 62.8 Å². The molecule has 0 radical (unpaired) electrons. The summed E-state index contributed by atoms with van der Waals surface area (Å²) in [7, 11) is -3.42. The van der Waals surface area contributed by atoms with E-state index in [2.05, 4.69) is 51.9 Å². The zero-order valence-corrected chi connectivity index (χ0v) is 25.0. The zero-order chi connectivity index (χ0) is 30.3. The topological polar surface area (TPSA) is 133 Å². The zero-order valence-electron chi connectivity index (χ0n) is 24.1. The molecule has 6 heterocycles. The van der Waals surface area contributed by atoms with Gasteiger partial charge in [-0.3, -0.25) is 15.0 Å². The summed E-state index contributed by atoms with van der Waals surface area (Å²) >= 11 is 0. The summed E-state index contributed by atoms with van der Waals surface area (Å²) in [6.07, 6.45) is 12.1. The molecule has 6 aromatic rings. The number of piperidine rings is 1. The fourth-order valence-corrected chi connectivity index (χ4v) is 6.34. The van der Waals surface area contributed by atoms with E-state index in [-0.39, 0.29) is 6.54 Å². The molecule has 3 N–H and O–H groups in total. The molecule has 0 spiro atoms. The Morgan fingerprint density at radius 2 is 1.73 bits per heavy atom. The molecule has 0 atom stereocenters. The van der Waals surface area contributed by atoms with Crippen LogP contribution in [0, 0.1) is 5.82 Å². The van der Waals surface area contributed by atoms with Crippen molar-refractivity contribution in [2.24, 2.45) is 0 Å². The molecule has 12 heteroatoms. The number of hydrogen-bond donors (Lipinski definition) is 3. The largest absolute Gasteiger partial charge is 0.338 e. The van der Waals surface area contributed by atoms with E-state index in [1.54, 1.807) is 12.3 Å². The number of aromatic nitrogens is 6. The highest BCUT2D eigenvalue weighted by molar-refractivity contribution is 7.88. The maximum atomic E-state index is 14.6. The van der Waals surface area contributed by atoms with Crippen LogP contribution >= 0.6 is 0 Å². The summed E-state index contributed by atoms with van der Waals surface area (Å²) in [6, 6.07) is 12.5. The first-order chi connectivity index (χ1) is 21.3. The average Bonchev–Trinajstić information content (AvgIpc) is 3.64. The molecule has 0 bridgehead atoms. The summed E-state index contributed by atoms with van der Waals surface area (Å²) in [5, 5.41) is 9.19. The van der Waals surface area contributed by atoms with Gasteiger partial charge in [-0.25, -0.2) is 27.5 Å². The summed E-state index contributed by atoms with van der Waals surface area (Å²) in [5.41, 5.74) is 7.73. The molecule has 0 amide bonds. The number of fused-ring (bicyclic) bond motifs is 2. The standard InChI is InChI=1S/C32H31FN8O2S/c1-44(42,43)37-16-20-9-22(12-25(33)11-20)26-5-6-35-31-27(26)14-29(38-31)30-28-13-24(18-36-32(28)40-39-30)23-10-21(15-34-17-23)19-41-7-3-2-4-8-41/h5-6,9-15,17-18,37H,2-4,7-8,16,19H2,1H3,(H,35,38)(H,36,39,40). The maximum absolute atomic E-state index is 14.6. The third-order valence-electron chi connectivity index (χ3n) is 8.00. The second-order valence-corrected chi connectivity index (χ2v) is 13.2. The number of sulfonamides is 1. The lowest BCUT2D eigenvalue weighted by Gasteiger charge is -2.26. The molecule has 7 rings (SSSR count). The number of nitrogens with one attached hydrogen (secondary N) is 3. The first kappa shape index (κ1) is 28.3. The normalized spacial score (nSPS) is 14.5. The molecule has 5 aromatic heterocycles. The summed E-state index contributed by atoms with van der Waals surface area (Å²) in [5.74, 6) is -0.457. The minimum atomic E-state index is -3.42.